The fraction of sp³-hybridized carbons (Fsp3) is 0.250. The van der Waals surface area contributed by atoms with Gasteiger partial charge in [0.1, 0.15) is 0 Å². The predicted octanol–water partition coefficient (Wildman–Crippen LogP) is 3.29. The fourth-order valence-corrected chi connectivity index (χ4v) is 3.17. The highest BCUT2D eigenvalue weighted by atomic mass is 16.2. The Morgan fingerprint density at radius 2 is 1.69 bits per heavy atom. The molecule has 1 N–H and O–H groups in total. The van der Waals surface area contributed by atoms with E-state index < -0.39 is 0 Å². The molecular formula is C20H21N5O. The van der Waals surface area contributed by atoms with E-state index in [1.165, 1.54) is 5.39 Å². The molecule has 6 heteroatoms. The zero-order valence-electron chi connectivity index (χ0n) is 14.7. The maximum Gasteiger partial charge on any atom is 0.321 e. The maximum absolute atomic E-state index is 12.6. The molecule has 6 nitrogen and oxygen atoms in total. The van der Waals surface area contributed by atoms with Crippen molar-refractivity contribution < 1.29 is 4.79 Å². The van der Waals surface area contributed by atoms with Crippen LogP contribution in [0.3, 0.4) is 0 Å². The van der Waals surface area contributed by atoms with Gasteiger partial charge in [0.2, 0.25) is 0 Å². The molecule has 1 aliphatic heterocycles. The molecule has 0 radical (unpaired) electrons. The number of fused-ring (bicyclic) bond motifs is 1. The zero-order chi connectivity index (χ0) is 17.9. The standard InChI is InChI=1S/C20H21N5O/c1-15-6-9-19(23-22-15)24-10-12-25(13-11-24)20(26)21-18-8-7-16-4-2-3-5-17(16)14-18/h2-9,14H,10-13H2,1H3,(H,21,26). The molecule has 0 aliphatic carbocycles. The highest BCUT2D eigenvalue weighted by molar-refractivity contribution is 5.93. The Morgan fingerprint density at radius 3 is 2.42 bits per heavy atom. The number of carbonyl (C=O) groups excluding carboxylic acids is 1. The number of rotatable bonds is 2. The minimum Gasteiger partial charge on any atom is -0.352 e. The van der Waals surface area contributed by atoms with E-state index in [9.17, 15) is 4.79 Å². The van der Waals surface area contributed by atoms with Gasteiger partial charge in [0.25, 0.3) is 0 Å². The minimum atomic E-state index is -0.0603. The second-order valence-electron chi connectivity index (χ2n) is 6.50. The fourth-order valence-electron chi connectivity index (χ4n) is 3.17. The van der Waals surface area contributed by atoms with Gasteiger partial charge in [0.15, 0.2) is 5.82 Å². The van der Waals surface area contributed by atoms with Crippen molar-refractivity contribution in [3.8, 4) is 0 Å². The molecule has 1 aromatic heterocycles. The summed E-state index contributed by atoms with van der Waals surface area (Å²) in [6.45, 7) is 4.75. The van der Waals surface area contributed by atoms with E-state index in [-0.39, 0.29) is 6.03 Å². The molecule has 0 spiro atoms. The van der Waals surface area contributed by atoms with Crippen molar-refractivity contribution in [3.63, 3.8) is 0 Å². The van der Waals surface area contributed by atoms with Crippen molar-refractivity contribution in [2.45, 2.75) is 6.92 Å². The number of amides is 2. The lowest BCUT2D eigenvalue weighted by molar-refractivity contribution is 0.208. The van der Waals surface area contributed by atoms with Gasteiger partial charge in [-0.3, -0.25) is 0 Å². The predicted molar refractivity (Wildman–Crippen MR) is 104 cm³/mol. The van der Waals surface area contributed by atoms with E-state index in [0.29, 0.717) is 13.1 Å². The highest BCUT2D eigenvalue weighted by Gasteiger charge is 2.22. The van der Waals surface area contributed by atoms with E-state index >= 15 is 0 Å². The average Bonchev–Trinajstić information content (AvgIpc) is 2.68. The van der Waals surface area contributed by atoms with Crippen LogP contribution in [0.5, 0.6) is 0 Å². The van der Waals surface area contributed by atoms with Gasteiger partial charge in [-0.2, -0.15) is 5.10 Å². The number of aryl methyl sites for hydroxylation is 1. The molecule has 26 heavy (non-hydrogen) atoms. The Labute approximate surface area is 152 Å². The number of aromatic nitrogens is 2. The van der Waals surface area contributed by atoms with Gasteiger partial charge >= 0.3 is 6.03 Å². The number of piperazine rings is 1. The first-order valence-corrected chi connectivity index (χ1v) is 8.79. The highest BCUT2D eigenvalue weighted by Crippen LogP contribution is 2.19. The summed E-state index contributed by atoms with van der Waals surface area (Å²) in [5, 5.41) is 13.6. The summed E-state index contributed by atoms with van der Waals surface area (Å²) < 4.78 is 0. The molecule has 4 rings (SSSR count). The van der Waals surface area contributed by atoms with Crippen LogP contribution in [-0.2, 0) is 0 Å². The first-order valence-electron chi connectivity index (χ1n) is 8.79. The Kier molecular flexibility index (Phi) is 4.39. The van der Waals surface area contributed by atoms with E-state index in [1.807, 2.05) is 60.4 Å². The third-order valence-electron chi connectivity index (χ3n) is 4.68. The normalized spacial score (nSPS) is 14.5. The molecule has 0 bridgehead atoms. The van der Waals surface area contributed by atoms with Crippen molar-refractivity contribution in [2.75, 3.05) is 36.4 Å². The molecule has 1 fully saturated rings. The van der Waals surface area contributed by atoms with Crippen molar-refractivity contribution in [1.29, 1.82) is 0 Å². The van der Waals surface area contributed by atoms with Gasteiger partial charge in [-0.25, -0.2) is 4.79 Å². The molecular weight excluding hydrogens is 326 g/mol. The topological polar surface area (TPSA) is 61.4 Å². The van der Waals surface area contributed by atoms with Crippen LogP contribution in [0.4, 0.5) is 16.3 Å². The van der Waals surface area contributed by atoms with Crippen LogP contribution in [0, 0.1) is 6.92 Å². The number of hydrogen-bond acceptors (Lipinski definition) is 4. The molecule has 0 atom stereocenters. The summed E-state index contributed by atoms with van der Waals surface area (Å²) in [5.41, 5.74) is 1.72. The minimum absolute atomic E-state index is 0.0603. The van der Waals surface area contributed by atoms with Crippen molar-refractivity contribution in [3.05, 3.63) is 60.3 Å². The summed E-state index contributed by atoms with van der Waals surface area (Å²) in [7, 11) is 0. The van der Waals surface area contributed by atoms with Crippen LogP contribution in [-0.4, -0.2) is 47.3 Å². The number of benzene rings is 2. The lowest BCUT2D eigenvalue weighted by Gasteiger charge is -2.35. The van der Waals surface area contributed by atoms with Crippen LogP contribution in [0.15, 0.2) is 54.6 Å². The third-order valence-corrected chi connectivity index (χ3v) is 4.68. The quantitative estimate of drug-likeness (QED) is 0.773. The number of anilines is 2. The van der Waals surface area contributed by atoms with Crippen molar-refractivity contribution in [2.24, 2.45) is 0 Å². The first kappa shape index (κ1) is 16.3. The van der Waals surface area contributed by atoms with Crippen LogP contribution in [0.25, 0.3) is 10.8 Å². The molecule has 1 saturated heterocycles. The molecule has 0 unspecified atom stereocenters. The van der Waals surface area contributed by atoms with Gasteiger partial charge in [-0.1, -0.05) is 30.3 Å². The summed E-state index contributed by atoms with van der Waals surface area (Å²) >= 11 is 0. The van der Waals surface area contributed by atoms with Crippen molar-refractivity contribution in [1.82, 2.24) is 15.1 Å². The van der Waals surface area contributed by atoms with Gasteiger partial charge in [0.05, 0.1) is 5.69 Å². The van der Waals surface area contributed by atoms with Gasteiger partial charge in [0, 0.05) is 31.9 Å². The Morgan fingerprint density at radius 1 is 0.923 bits per heavy atom. The molecule has 2 aromatic carbocycles. The smallest absolute Gasteiger partial charge is 0.321 e. The summed E-state index contributed by atoms with van der Waals surface area (Å²) in [5.74, 6) is 0.866. The monoisotopic (exact) mass is 347 g/mol. The van der Waals surface area contributed by atoms with E-state index in [1.54, 1.807) is 0 Å². The molecule has 1 aliphatic rings. The number of nitrogens with zero attached hydrogens (tertiary/aromatic N) is 4. The Balaban J connectivity index is 1.37. The number of carbonyl (C=O) groups is 1. The summed E-state index contributed by atoms with van der Waals surface area (Å²) in [6, 6.07) is 18.0. The second kappa shape index (κ2) is 7.00. The molecule has 3 aromatic rings. The summed E-state index contributed by atoms with van der Waals surface area (Å²) in [6.07, 6.45) is 0. The van der Waals surface area contributed by atoms with E-state index in [4.69, 9.17) is 0 Å². The lowest BCUT2D eigenvalue weighted by Crippen LogP contribution is -2.50. The van der Waals surface area contributed by atoms with Crippen LogP contribution in [0.2, 0.25) is 0 Å². The molecule has 2 amide bonds. The lowest BCUT2D eigenvalue weighted by atomic mass is 10.1. The van der Waals surface area contributed by atoms with E-state index in [0.717, 1.165) is 35.7 Å². The molecule has 0 saturated carbocycles. The van der Waals surface area contributed by atoms with Gasteiger partial charge in [-0.05, 0) is 42.0 Å². The van der Waals surface area contributed by atoms with Crippen LogP contribution >= 0.6 is 0 Å². The molecule has 132 valence electrons. The molecule has 2 heterocycles. The van der Waals surface area contributed by atoms with E-state index in [2.05, 4.69) is 26.5 Å². The first-order chi connectivity index (χ1) is 12.7. The Bertz CT molecular complexity index is 917. The van der Waals surface area contributed by atoms with Gasteiger partial charge < -0.3 is 15.1 Å². The largest absolute Gasteiger partial charge is 0.352 e. The zero-order valence-corrected chi connectivity index (χ0v) is 14.7. The number of hydrogen-bond donors (Lipinski definition) is 1. The van der Waals surface area contributed by atoms with Crippen LogP contribution in [0.1, 0.15) is 5.69 Å². The summed E-state index contributed by atoms with van der Waals surface area (Å²) in [4.78, 5) is 16.6. The second-order valence-corrected chi connectivity index (χ2v) is 6.50. The number of urea groups is 1. The van der Waals surface area contributed by atoms with Crippen molar-refractivity contribution >= 4 is 28.3 Å². The van der Waals surface area contributed by atoms with Crippen LogP contribution < -0.4 is 10.2 Å². The Hall–Kier alpha value is -3.15. The van der Waals surface area contributed by atoms with Gasteiger partial charge in [-0.15, -0.1) is 5.10 Å². The number of nitrogens with one attached hydrogen (secondary N) is 1. The maximum atomic E-state index is 12.6. The SMILES string of the molecule is Cc1ccc(N2CCN(C(=O)Nc3ccc4ccccc4c3)CC2)nn1. The average molecular weight is 347 g/mol. The third kappa shape index (κ3) is 3.44.